The summed E-state index contributed by atoms with van der Waals surface area (Å²) in [5.41, 5.74) is 0. The highest BCUT2D eigenvalue weighted by atomic mass is 15.3. The first-order valence-corrected chi connectivity index (χ1v) is 8.95. The van der Waals surface area contributed by atoms with Crippen molar-refractivity contribution in [1.29, 1.82) is 0 Å². The fraction of sp³-hybridized carbons (Fsp3) is 1.00. The average molecular weight is 284 g/mol. The maximum absolute atomic E-state index is 2.77. The molecule has 1 aliphatic carbocycles. The van der Waals surface area contributed by atoms with Crippen LogP contribution in [0.1, 0.15) is 80.6 Å². The van der Waals surface area contributed by atoms with E-state index in [2.05, 4.69) is 53.4 Å². The molecule has 20 heavy (non-hydrogen) atoms. The van der Waals surface area contributed by atoms with E-state index in [1.54, 1.807) is 4.90 Å². The van der Waals surface area contributed by atoms with Crippen LogP contribution >= 0.6 is 0 Å². The Morgan fingerprint density at radius 1 is 0.850 bits per heavy atom. The second-order valence-corrected chi connectivity index (χ2v) is 7.79. The predicted octanol–water partition coefficient (Wildman–Crippen LogP) is 3.32. The largest absolute Gasteiger partial charge is 0.318 e. The number of nitrogens with one attached hydrogen (secondary N) is 1. The molecule has 0 spiro atoms. The molecule has 1 aliphatic rings. The molecule has 120 valence electrons. The van der Waals surface area contributed by atoms with E-state index in [-0.39, 0.29) is 0 Å². The first-order valence-electron chi connectivity index (χ1n) is 8.95. The Morgan fingerprint density at radius 3 is 1.75 bits per heavy atom. The van der Waals surface area contributed by atoms with Gasteiger partial charge in [-0.25, -0.2) is 0 Å². The highest BCUT2D eigenvalue weighted by molar-refractivity contribution is 4.79. The van der Waals surface area contributed by atoms with E-state index in [1.807, 2.05) is 0 Å². The standard InChI is InChI=1S/C18H38N2/c1-14(2)19(15(3)4)13-20(16(5)6)17(7)18-11-9-8-10-12-18/h14-18H,8-13H2,1-7H3/p+1/t17-/m1/s1. The van der Waals surface area contributed by atoms with E-state index in [1.165, 1.54) is 38.8 Å². The minimum atomic E-state index is 0.652. The van der Waals surface area contributed by atoms with Gasteiger partial charge in [-0.15, -0.1) is 0 Å². The molecule has 0 heterocycles. The van der Waals surface area contributed by atoms with Crippen molar-refractivity contribution in [3.63, 3.8) is 0 Å². The molecule has 2 heteroatoms. The summed E-state index contributed by atoms with van der Waals surface area (Å²) in [6.07, 6.45) is 7.25. The molecule has 0 unspecified atom stereocenters. The lowest BCUT2D eigenvalue weighted by molar-refractivity contribution is -0.952. The minimum absolute atomic E-state index is 0.652. The van der Waals surface area contributed by atoms with E-state index in [0.717, 1.165) is 12.0 Å². The highest BCUT2D eigenvalue weighted by Gasteiger charge is 2.30. The fourth-order valence-corrected chi connectivity index (χ4v) is 3.93. The number of hydrogen-bond acceptors (Lipinski definition) is 1. The van der Waals surface area contributed by atoms with E-state index >= 15 is 0 Å². The monoisotopic (exact) mass is 283 g/mol. The lowest BCUT2D eigenvalue weighted by atomic mass is 9.83. The Hall–Kier alpha value is -0.0800. The van der Waals surface area contributed by atoms with Gasteiger partial charge in [-0.1, -0.05) is 19.3 Å². The minimum Gasteiger partial charge on any atom is -0.318 e. The Morgan fingerprint density at radius 2 is 1.35 bits per heavy atom. The number of hydrogen-bond donors (Lipinski definition) is 1. The van der Waals surface area contributed by atoms with E-state index in [4.69, 9.17) is 0 Å². The van der Waals surface area contributed by atoms with Crippen molar-refractivity contribution in [2.45, 2.75) is 105 Å². The molecule has 0 aromatic carbocycles. The van der Waals surface area contributed by atoms with Crippen LogP contribution in [-0.2, 0) is 0 Å². The second-order valence-electron chi connectivity index (χ2n) is 7.79. The van der Waals surface area contributed by atoms with Gasteiger partial charge in [0.15, 0.2) is 0 Å². The van der Waals surface area contributed by atoms with E-state index in [0.29, 0.717) is 18.1 Å². The molecular weight excluding hydrogens is 244 g/mol. The molecule has 2 nitrogen and oxygen atoms in total. The predicted molar refractivity (Wildman–Crippen MR) is 89.1 cm³/mol. The molecule has 1 saturated carbocycles. The maximum Gasteiger partial charge on any atom is 0.134 e. The summed E-state index contributed by atoms with van der Waals surface area (Å²) in [7, 11) is 0. The molecule has 1 N–H and O–H groups in total. The van der Waals surface area contributed by atoms with Crippen LogP contribution in [0.5, 0.6) is 0 Å². The van der Waals surface area contributed by atoms with Gasteiger partial charge < -0.3 is 4.90 Å². The van der Waals surface area contributed by atoms with E-state index in [9.17, 15) is 0 Å². The maximum atomic E-state index is 2.77. The third kappa shape index (κ3) is 5.04. The summed E-state index contributed by atoms with van der Waals surface area (Å²) in [5, 5.41) is 0. The van der Waals surface area contributed by atoms with Crippen molar-refractivity contribution in [3.8, 4) is 0 Å². The second kappa shape index (κ2) is 8.38. The summed E-state index contributed by atoms with van der Waals surface area (Å²) < 4.78 is 0. The first-order chi connectivity index (χ1) is 9.34. The van der Waals surface area contributed by atoms with Crippen LogP contribution in [0.4, 0.5) is 0 Å². The van der Waals surface area contributed by atoms with Crippen LogP contribution < -0.4 is 4.90 Å². The fourth-order valence-electron chi connectivity index (χ4n) is 3.93. The van der Waals surface area contributed by atoms with Gasteiger partial charge in [0.25, 0.3) is 0 Å². The van der Waals surface area contributed by atoms with Gasteiger partial charge in [0.1, 0.15) is 6.67 Å². The van der Waals surface area contributed by atoms with Crippen molar-refractivity contribution in [2.24, 2.45) is 5.92 Å². The third-order valence-electron chi connectivity index (χ3n) is 5.37. The summed E-state index contributed by atoms with van der Waals surface area (Å²) in [5.74, 6) is 0.923. The molecular formula is C18H39N2+. The SMILES string of the molecule is CC(C)N(C[NH+](C(C)C)C(C)C)[C@H](C)C1CCCCC1. The zero-order valence-corrected chi connectivity index (χ0v) is 15.1. The van der Waals surface area contributed by atoms with Gasteiger partial charge in [0.2, 0.25) is 0 Å². The number of nitrogens with zero attached hydrogens (tertiary/aromatic N) is 1. The molecule has 0 aliphatic heterocycles. The van der Waals surface area contributed by atoms with Crippen LogP contribution in [0, 0.1) is 5.92 Å². The molecule has 0 aromatic heterocycles. The van der Waals surface area contributed by atoms with Crippen molar-refractivity contribution >= 4 is 0 Å². The van der Waals surface area contributed by atoms with Crippen LogP contribution in [0.3, 0.4) is 0 Å². The van der Waals surface area contributed by atoms with Gasteiger partial charge in [-0.3, -0.25) is 4.90 Å². The zero-order valence-electron chi connectivity index (χ0n) is 15.1. The summed E-state index contributed by atoms with van der Waals surface area (Å²) in [6, 6.07) is 2.80. The lowest BCUT2D eigenvalue weighted by Crippen LogP contribution is -3.19. The smallest absolute Gasteiger partial charge is 0.134 e. The molecule has 0 bridgehead atoms. The van der Waals surface area contributed by atoms with Gasteiger partial charge >= 0.3 is 0 Å². The number of quaternary nitrogens is 1. The quantitative estimate of drug-likeness (QED) is 0.704. The van der Waals surface area contributed by atoms with Crippen molar-refractivity contribution in [1.82, 2.24) is 4.90 Å². The van der Waals surface area contributed by atoms with Gasteiger partial charge in [0, 0.05) is 12.1 Å². The molecule has 1 rings (SSSR count). The van der Waals surface area contributed by atoms with Crippen molar-refractivity contribution in [2.75, 3.05) is 6.67 Å². The van der Waals surface area contributed by atoms with Crippen LogP contribution in [0.25, 0.3) is 0 Å². The number of rotatable bonds is 7. The summed E-state index contributed by atoms with van der Waals surface area (Å²) in [4.78, 5) is 4.49. The Balaban J connectivity index is 2.71. The van der Waals surface area contributed by atoms with E-state index < -0.39 is 0 Å². The Bertz CT molecular complexity index is 246. The molecule has 1 atom stereocenters. The molecule has 0 saturated heterocycles. The van der Waals surface area contributed by atoms with Crippen LogP contribution in [0.2, 0.25) is 0 Å². The molecule has 0 radical (unpaired) electrons. The van der Waals surface area contributed by atoms with Crippen LogP contribution in [-0.4, -0.2) is 35.7 Å². The van der Waals surface area contributed by atoms with Gasteiger partial charge in [0.05, 0.1) is 12.1 Å². The Labute approximate surface area is 127 Å². The molecule has 1 fully saturated rings. The Kier molecular flexibility index (Phi) is 7.53. The normalized spacial score (nSPS) is 19.8. The van der Waals surface area contributed by atoms with Crippen molar-refractivity contribution < 1.29 is 4.90 Å². The summed E-state index contributed by atoms with van der Waals surface area (Å²) in [6.45, 7) is 17.9. The third-order valence-corrected chi connectivity index (χ3v) is 5.37. The van der Waals surface area contributed by atoms with Crippen LogP contribution in [0.15, 0.2) is 0 Å². The highest BCUT2D eigenvalue weighted by Crippen LogP contribution is 2.29. The first kappa shape index (κ1) is 18.0. The lowest BCUT2D eigenvalue weighted by Gasteiger charge is -2.42. The zero-order chi connectivity index (χ0) is 15.3. The van der Waals surface area contributed by atoms with Gasteiger partial charge in [-0.05, 0) is 67.2 Å². The topological polar surface area (TPSA) is 7.68 Å². The molecule has 0 aromatic rings. The average Bonchev–Trinajstić information content (AvgIpc) is 2.38. The summed E-state index contributed by atoms with van der Waals surface area (Å²) >= 11 is 0. The van der Waals surface area contributed by atoms with Gasteiger partial charge in [-0.2, -0.15) is 0 Å². The van der Waals surface area contributed by atoms with Crippen molar-refractivity contribution in [3.05, 3.63) is 0 Å². The molecule has 0 amide bonds.